The third kappa shape index (κ3) is 4.47. The number of likely N-dealkylation sites (tertiary alicyclic amines) is 1. The van der Waals surface area contributed by atoms with Crippen LogP contribution in [-0.2, 0) is 4.79 Å². The van der Waals surface area contributed by atoms with Crippen molar-refractivity contribution in [3.63, 3.8) is 0 Å². The molecule has 0 saturated carbocycles. The molecule has 1 amide bonds. The van der Waals surface area contributed by atoms with Gasteiger partial charge in [-0.1, -0.05) is 0 Å². The number of hydrogen-bond donors (Lipinski definition) is 2. The molecule has 0 aliphatic carbocycles. The number of anilines is 1. The maximum absolute atomic E-state index is 12.5. The molecule has 1 aliphatic rings. The van der Waals surface area contributed by atoms with Crippen LogP contribution in [0.2, 0.25) is 0 Å². The molecule has 122 valence electrons. The number of carbonyl (C=O) groups excluding carboxylic acids is 1. The summed E-state index contributed by atoms with van der Waals surface area (Å²) in [5.74, 6) is -0.105. The molecule has 0 unspecified atom stereocenters. The summed E-state index contributed by atoms with van der Waals surface area (Å²) in [6, 6.07) is 8.55. The van der Waals surface area contributed by atoms with Gasteiger partial charge in [-0.25, -0.2) is 0 Å². The highest BCUT2D eigenvalue weighted by Crippen LogP contribution is 2.17. The van der Waals surface area contributed by atoms with Crippen molar-refractivity contribution in [3.8, 4) is 11.8 Å². The number of nitrogens with zero attached hydrogens (tertiary/aromatic N) is 3. The molecule has 1 fully saturated rings. The Kier molecular flexibility index (Phi) is 5.61. The van der Waals surface area contributed by atoms with Gasteiger partial charge in [0.25, 0.3) is 5.91 Å². The number of carbonyl (C=O) groups is 1. The molecule has 23 heavy (non-hydrogen) atoms. The van der Waals surface area contributed by atoms with Crippen molar-refractivity contribution in [1.29, 1.82) is 5.26 Å². The third-order valence-corrected chi connectivity index (χ3v) is 4.16. The van der Waals surface area contributed by atoms with Crippen LogP contribution in [0.5, 0.6) is 5.75 Å². The van der Waals surface area contributed by atoms with E-state index in [4.69, 9.17) is 0 Å². The quantitative estimate of drug-likeness (QED) is 0.503. The maximum Gasteiger partial charge on any atom is 0.266 e. The predicted octanol–water partition coefficient (Wildman–Crippen LogP) is 1.76. The van der Waals surface area contributed by atoms with Crippen molar-refractivity contribution in [3.05, 3.63) is 36.0 Å². The van der Waals surface area contributed by atoms with Gasteiger partial charge in [0.1, 0.15) is 17.4 Å². The molecule has 1 aromatic rings. The highest BCUT2D eigenvalue weighted by molar-refractivity contribution is 5.97. The van der Waals surface area contributed by atoms with E-state index in [0.717, 1.165) is 25.9 Å². The van der Waals surface area contributed by atoms with E-state index < -0.39 is 0 Å². The van der Waals surface area contributed by atoms with Gasteiger partial charge < -0.3 is 20.2 Å². The lowest BCUT2D eigenvalue weighted by atomic mass is 10.0. The summed E-state index contributed by atoms with van der Waals surface area (Å²) in [6.45, 7) is 1.92. The minimum atomic E-state index is -0.270. The van der Waals surface area contributed by atoms with Crippen LogP contribution in [0.25, 0.3) is 0 Å². The zero-order chi connectivity index (χ0) is 16.8. The lowest BCUT2D eigenvalue weighted by Gasteiger charge is -2.34. The molecular formula is C17H22N4O2. The molecule has 2 rings (SSSR count). The van der Waals surface area contributed by atoms with E-state index in [1.807, 2.05) is 6.07 Å². The number of phenols is 1. The summed E-state index contributed by atoms with van der Waals surface area (Å²) in [6.07, 6.45) is 3.26. The smallest absolute Gasteiger partial charge is 0.266 e. The molecule has 0 aromatic heterocycles. The van der Waals surface area contributed by atoms with Gasteiger partial charge in [-0.3, -0.25) is 4.79 Å². The average Bonchev–Trinajstić information content (AvgIpc) is 2.57. The molecule has 1 saturated heterocycles. The standard InChI is InChI=1S/C17H22N4O2/c1-20-9-7-15(8-10-20)21(2)17(23)13(11-18)12-19-14-3-5-16(22)6-4-14/h3-6,12,15,19,22H,7-10H2,1-2H3/b13-12-. The highest BCUT2D eigenvalue weighted by Gasteiger charge is 2.25. The molecule has 6 nitrogen and oxygen atoms in total. The zero-order valence-electron chi connectivity index (χ0n) is 13.5. The van der Waals surface area contributed by atoms with E-state index in [-0.39, 0.29) is 23.3 Å². The van der Waals surface area contributed by atoms with Gasteiger partial charge in [0.2, 0.25) is 0 Å². The first-order chi connectivity index (χ1) is 11.0. The largest absolute Gasteiger partial charge is 0.508 e. The number of nitrogens with one attached hydrogen (secondary N) is 1. The van der Waals surface area contributed by atoms with E-state index in [0.29, 0.717) is 5.69 Å². The number of hydrogen-bond acceptors (Lipinski definition) is 5. The molecular weight excluding hydrogens is 292 g/mol. The van der Waals surface area contributed by atoms with Crippen LogP contribution >= 0.6 is 0 Å². The van der Waals surface area contributed by atoms with E-state index >= 15 is 0 Å². The SMILES string of the molecule is CN1CCC(N(C)C(=O)/C(C#N)=C\Nc2ccc(O)cc2)CC1. The van der Waals surface area contributed by atoms with Crippen LogP contribution in [0.4, 0.5) is 5.69 Å². The molecule has 2 N–H and O–H groups in total. The Morgan fingerprint density at radius 3 is 2.57 bits per heavy atom. The highest BCUT2D eigenvalue weighted by atomic mass is 16.3. The fourth-order valence-corrected chi connectivity index (χ4v) is 2.59. The molecule has 0 bridgehead atoms. The van der Waals surface area contributed by atoms with Crippen molar-refractivity contribution < 1.29 is 9.90 Å². The maximum atomic E-state index is 12.5. The van der Waals surface area contributed by atoms with Crippen molar-refractivity contribution >= 4 is 11.6 Å². The number of benzene rings is 1. The van der Waals surface area contributed by atoms with Crippen LogP contribution in [0, 0.1) is 11.3 Å². The van der Waals surface area contributed by atoms with Crippen molar-refractivity contribution in [2.75, 3.05) is 32.5 Å². The van der Waals surface area contributed by atoms with E-state index in [1.54, 1.807) is 24.1 Å². The lowest BCUT2D eigenvalue weighted by molar-refractivity contribution is -0.128. The Balaban J connectivity index is 2.01. The Bertz CT molecular complexity index is 610. The Hall–Kier alpha value is -2.52. The van der Waals surface area contributed by atoms with Crippen LogP contribution in [0.1, 0.15) is 12.8 Å². The normalized spacial score (nSPS) is 16.7. The van der Waals surface area contributed by atoms with Gasteiger partial charge in [0.05, 0.1) is 0 Å². The minimum Gasteiger partial charge on any atom is -0.508 e. The second-order valence-electron chi connectivity index (χ2n) is 5.81. The van der Waals surface area contributed by atoms with Crippen LogP contribution in [0.3, 0.4) is 0 Å². The summed E-state index contributed by atoms with van der Waals surface area (Å²) >= 11 is 0. The first kappa shape index (κ1) is 16.8. The molecule has 0 spiro atoms. The fraction of sp³-hybridized carbons (Fsp3) is 0.412. The monoisotopic (exact) mass is 314 g/mol. The van der Waals surface area contributed by atoms with Crippen molar-refractivity contribution in [2.24, 2.45) is 0 Å². The number of aromatic hydroxyl groups is 1. The minimum absolute atomic E-state index is 0.0690. The number of amides is 1. The molecule has 1 aliphatic heterocycles. The number of nitriles is 1. The van der Waals surface area contributed by atoms with Crippen LogP contribution < -0.4 is 5.32 Å². The molecule has 1 heterocycles. The first-order valence-corrected chi connectivity index (χ1v) is 7.63. The van der Waals surface area contributed by atoms with Crippen LogP contribution in [0.15, 0.2) is 36.0 Å². The fourth-order valence-electron chi connectivity index (χ4n) is 2.59. The van der Waals surface area contributed by atoms with Gasteiger partial charge in [-0.15, -0.1) is 0 Å². The van der Waals surface area contributed by atoms with Crippen molar-refractivity contribution in [1.82, 2.24) is 9.80 Å². The van der Waals surface area contributed by atoms with E-state index in [2.05, 4.69) is 17.3 Å². The van der Waals surface area contributed by atoms with Gasteiger partial charge in [0, 0.05) is 25.0 Å². The summed E-state index contributed by atoms with van der Waals surface area (Å²) in [5.41, 5.74) is 0.768. The molecule has 0 atom stereocenters. The summed E-state index contributed by atoms with van der Waals surface area (Å²) in [5, 5.41) is 21.4. The van der Waals surface area contributed by atoms with E-state index in [1.165, 1.54) is 18.3 Å². The summed E-state index contributed by atoms with van der Waals surface area (Å²) < 4.78 is 0. The summed E-state index contributed by atoms with van der Waals surface area (Å²) in [7, 11) is 3.82. The average molecular weight is 314 g/mol. The number of likely N-dealkylation sites (N-methyl/N-ethyl adjacent to an activating group) is 1. The number of piperidine rings is 1. The number of phenolic OH excluding ortho intramolecular Hbond substituents is 1. The summed E-state index contributed by atoms with van der Waals surface area (Å²) in [4.78, 5) is 16.4. The first-order valence-electron chi connectivity index (χ1n) is 7.63. The van der Waals surface area contributed by atoms with Gasteiger partial charge in [0.15, 0.2) is 0 Å². The van der Waals surface area contributed by atoms with Crippen LogP contribution in [-0.4, -0.2) is 54.0 Å². The molecule has 6 heteroatoms. The molecule has 0 radical (unpaired) electrons. The Morgan fingerprint density at radius 1 is 1.39 bits per heavy atom. The third-order valence-electron chi connectivity index (χ3n) is 4.16. The lowest BCUT2D eigenvalue weighted by Crippen LogP contribution is -2.44. The predicted molar refractivity (Wildman–Crippen MR) is 88.7 cm³/mol. The van der Waals surface area contributed by atoms with E-state index in [9.17, 15) is 15.2 Å². The zero-order valence-corrected chi connectivity index (χ0v) is 13.5. The van der Waals surface area contributed by atoms with Gasteiger partial charge in [-0.05, 0) is 57.2 Å². The Morgan fingerprint density at radius 2 is 2.00 bits per heavy atom. The van der Waals surface area contributed by atoms with Gasteiger partial charge in [-0.2, -0.15) is 5.26 Å². The second-order valence-corrected chi connectivity index (χ2v) is 5.81. The van der Waals surface area contributed by atoms with Gasteiger partial charge >= 0.3 is 0 Å². The molecule has 1 aromatic carbocycles. The topological polar surface area (TPSA) is 79.6 Å². The second kappa shape index (κ2) is 7.65. The Labute approximate surface area is 136 Å². The van der Waals surface area contributed by atoms with Crippen molar-refractivity contribution in [2.45, 2.75) is 18.9 Å². The number of rotatable bonds is 4.